The average Bonchev–Trinajstić information content (AvgIpc) is 2.41. The van der Waals surface area contributed by atoms with Crippen molar-refractivity contribution in [3.63, 3.8) is 0 Å². The number of unbranched alkanes of at least 4 members (excludes halogenated alkanes) is 1. The van der Waals surface area contributed by atoms with Gasteiger partial charge >= 0.3 is 0 Å². The van der Waals surface area contributed by atoms with Crippen LogP contribution in [0.4, 0.5) is 0 Å². The maximum absolute atomic E-state index is 9.82. The molecule has 19 heavy (non-hydrogen) atoms. The summed E-state index contributed by atoms with van der Waals surface area (Å²) in [5, 5.41) is 28.1. The fraction of sp³-hybridized carbons (Fsp3) is 0.250. The van der Waals surface area contributed by atoms with E-state index in [0.29, 0.717) is 0 Å². The van der Waals surface area contributed by atoms with E-state index >= 15 is 0 Å². The van der Waals surface area contributed by atoms with Gasteiger partial charge in [-0.25, -0.2) is 0 Å². The van der Waals surface area contributed by atoms with Crippen LogP contribution in [0.15, 0.2) is 42.5 Å². The Labute approximate surface area is 112 Å². The Balaban J connectivity index is 2.25. The first kappa shape index (κ1) is 13.4. The smallest absolute Gasteiger partial charge is 0.118 e. The molecule has 0 aliphatic carbocycles. The lowest BCUT2D eigenvalue weighted by molar-refractivity contribution is 0.284. The van der Waals surface area contributed by atoms with E-state index in [1.165, 1.54) is 0 Å². The van der Waals surface area contributed by atoms with Crippen molar-refractivity contribution in [2.24, 2.45) is 0 Å². The van der Waals surface area contributed by atoms with Crippen LogP contribution in [0.25, 0.3) is 11.1 Å². The van der Waals surface area contributed by atoms with Gasteiger partial charge in [0.05, 0.1) is 0 Å². The second-order valence-corrected chi connectivity index (χ2v) is 4.57. The highest BCUT2D eigenvalue weighted by Gasteiger charge is 2.05. The largest absolute Gasteiger partial charge is 0.508 e. The van der Waals surface area contributed by atoms with Crippen molar-refractivity contribution in [3.05, 3.63) is 48.0 Å². The lowest BCUT2D eigenvalue weighted by Crippen LogP contribution is -1.90. The topological polar surface area (TPSA) is 60.7 Å². The first-order valence-corrected chi connectivity index (χ1v) is 6.43. The van der Waals surface area contributed by atoms with E-state index in [0.717, 1.165) is 36.0 Å². The Kier molecular flexibility index (Phi) is 4.42. The summed E-state index contributed by atoms with van der Waals surface area (Å²) in [5.41, 5.74) is 2.75. The molecule has 0 bridgehead atoms. The molecule has 2 aromatic rings. The number of phenolic OH excluding ortho intramolecular Hbond substituents is 2. The molecule has 0 amide bonds. The Hall–Kier alpha value is -2.00. The van der Waals surface area contributed by atoms with Gasteiger partial charge < -0.3 is 15.3 Å². The summed E-state index contributed by atoms with van der Waals surface area (Å²) in [6, 6.07) is 12.5. The molecule has 0 aliphatic rings. The van der Waals surface area contributed by atoms with Gasteiger partial charge in [0.15, 0.2) is 0 Å². The minimum absolute atomic E-state index is 0.174. The first-order chi connectivity index (χ1) is 9.20. The van der Waals surface area contributed by atoms with Gasteiger partial charge in [-0.3, -0.25) is 0 Å². The van der Waals surface area contributed by atoms with Gasteiger partial charge in [-0.15, -0.1) is 0 Å². The number of aryl methyl sites for hydroxylation is 1. The highest BCUT2D eigenvalue weighted by molar-refractivity contribution is 5.67. The molecule has 0 atom stereocenters. The summed E-state index contributed by atoms with van der Waals surface area (Å²) in [5.74, 6) is 0.509. The predicted molar refractivity (Wildman–Crippen MR) is 75.2 cm³/mol. The van der Waals surface area contributed by atoms with E-state index in [1.807, 2.05) is 18.2 Å². The molecule has 2 aromatic carbocycles. The zero-order valence-corrected chi connectivity index (χ0v) is 10.7. The summed E-state index contributed by atoms with van der Waals surface area (Å²) in [6.45, 7) is 0.174. The fourth-order valence-electron chi connectivity index (χ4n) is 2.08. The van der Waals surface area contributed by atoms with Gasteiger partial charge in [0, 0.05) is 6.61 Å². The van der Waals surface area contributed by atoms with E-state index in [9.17, 15) is 10.2 Å². The van der Waals surface area contributed by atoms with Crippen molar-refractivity contribution < 1.29 is 15.3 Å². The fourth-order valence-corrected chi connectivity index (χ4v) is 2.08. The Bertz CT molecular complexity index is 549. The van der Waals surface area contributed by atoms with Crippen LogP contribution >= 0.6 is 0 Å². The van der Waals surface area contributed by atoms with Crippen LogP contribution in [0.5, 0.6) is 11.5 Å². The van der Waals surface area contributed by atoms with Gasteiger partial charge in [-0.2, -0.15) is 0 Å². The zero-order chi connectivity index (χ0) is 13.7. The summed E-state index contributed by atoms with van der Waals surface area (Å²) < 4.78 is 0. The molecule has 0 saturated carbocycles. The molecule has 0 aromatic heterocycles. The zero-order valence-electron chi connectivity index (χ0n) is 10.7. The normalized spacial score (nSPS) is 10.6. The highest BCUT2D eigenvalue weighted by Crippen LogP contribution is 2.28. The molecule has 0 unspecified atom stereocenters. The minimum atomic E-state index is 0.174. The lowest BCUT2D eigenvalue weighted by Gasteiger charge is -2.08. The number of hydrogen-bond donors (Lipinski definition) is 3. The number of benzene rings is 2. The molecule has 3 heteroatoms. The molecule has 100 valence electrons. The average molecular weight is 258 g/mol. The Morgan fingerprint density at radius 2 is 1.63 bits per heavy atom. The van der Waals surface area contributed by atoms with Crippen LogP contribution in [0.3, 0.4) is 0 Å². The molecule has 3 nitrogen and oxygen atoms in total. The summed E-state index contributed by atoms with van der Waals surface area (Å²) >= 11 is 0. The molecular weight excluding hydrogens is 240 g/mol. The van der Waals surface area contributed by atoms with E-state index in [2.05, 4.69) is 0 Å². The number of aromatic hydroxyl groups is 2. The molecule has 2 rings (SSSR count). The van der Waals surface area contributed by atoms with Crippen molar-refractivity contribution in [1.82, 2.24) is 0 Å². The second-order valence-electron chi connectivity index (χ2n) is 4.57. The summed E-state index contributed by atoms with van der Waals surface area (Å²) in [6.07, 6.45) is 2.31. The third-order valence-corrected chi connectivity index (χ3v) is 3.11. The van der Waals surface area contributed by atoms with E-state index < -0.39 is 0 Å². The van der Waals surface area contributed by atoms with Crippen LogP contribution in [-0.2, 0) is 6.42 Å². The molecule has 0 fully saturated rings. The van der Waals surface area contributed by atoms with Crippen molar-refractivity contribution in [3.8, 4) is 22.6 Å². The predicted octanol–water partition coefficient (Wildman–Crippen LogP) is 3.08. The maximum Gasteiger partial charge on any atom is 0.118 e. The van der Waals surface area contributed by atoms with E-state index in [4.69, 9.17) is 5.11 Å². The Morgan fingerprint density at radius 3 is 2.37 bits per heavy atom. The lowest BCUT2D eigenvalue weighted by atomic mass is 9.99. The van der Waals surface area contributed by atoms with Crippen LogP contribution < -0.4 is 0 Å². The van der Waals surface area contributed by atoms with Gasteiger partial charge in [0.1, 0.15) is 11.5 Å². The van der Waals surface area contributed by atoms with Gasteiger partial charge in [0.25, 0.3) is 0 Å². The number of rotatable bonds is 5. The molecule has 3 N–H and O–H groups in total. The second kappa shape index (κ2) is 6.25. The van der Waals surface area contributed by atoms with Crippen molar-refractivity contribution in [2.45, 2.75) is 19.3 Å². The summed E-state index contributed by atoms with van der Waals surface area (Å²) in [7, 11) is 0. The van der Waals surface area contributed by atoms with Crippen molar-refractivity contribution in [1.29, 1.82) is 0 Å². The molecule has 0 spiro atoms. The van der Waals surface area contributed by atoms with Crippen LogP contribution in [0, 0.1) is 0 Å². The standard InChI is InChI=1S/C16H18O3/c17-9-2-1-4-14-10-13(7-8-16(14)19)12-5-3-6-15(18)11-12/h3,5-8,10-11,17-19H,1-2,4,9H2. The molecule has 0 aliphatic heterocycles. The van der Waals surface area contributed by atoms with Gasteiger partial charge in [0.2, 0.25) is 0 Å². The van der Waals surface area contributed by atoms with Crippen LogP contribution in [0.1, 0.15) is 18.4 Å². The monoisotopic (exact) mass is 258 g/mol. The maximum atomic E-state index is 9.82. The Morgan fingerprint density at radius 1 is 0.842 bits per heavy atom. The highest BCUT2D eigenvalue weighted by atomic mass is 16.3. The third-order valence-electron chi connectivity index (χ3n) is 3.11. The van der Waals surface area contributed by atoms with Crippen LogP contribution in [-0.4, -0.2) is 21.9 Å². The first-order valence-electron chi connectivity index (χ1n) is 6.43. The SMILES string of the molecule is OCCCCc1cc(-c2cccc(O)c2)ccc1O. The number of hydrogen-bond acceptors (Lipinski definition) is 3. The quantitative estimate of drug-likeness (QED) is 0.722. The van der Waals surface area contributed by atoms with Crippen LogP contribution in [0.2, 0.25) is 0 Å². The summed E-state index contributed by atoms with van der Waals surface area (Å²) in [4.78, 5) is 0. The minimum Gasteiger partial charge on any atom is -0.508 e. The molecule has 0 radical (unpaired) electrons. The molecular formula is C16H18O3. The molecule has 0 heterocycles. The van der Waals surface area contributed by atoms with Crippen molar-refractivity contribution >= 4 is 0 Å². The number of aliphatic hydroxyl groups excluding tert-OH is 1. The third kappa shape index (κ3) is 3.48. The van der Waals surface area contributed by atoms with Gasteiger partial charge in [-0.1, -0.05) is 18.2 Å². The van der Waals surface area contributed by atoms with E-state index in [1.54, 1.807) is 24.3 Å². The molecule has 0 saturated heterocycles. The van der Waals surface area contributed by atoms with Gasteiger partial charge in [-0.05, 0) is 60.2 Å². The van der Waals surface area contributed by atoms with Crippen molar-refractivity contribution in [2.75, 3.05) is 6.61 Å². The number of aliphatic hydroxyl groups is 1. The van der Waals surface area contributed by atoms with E-state index in [-0.39, 0.29) is 18.1 Å². The number of phenols is 2.